The molecular formula is C13H28N2O2S. The number of hydrogen-bond acceptors (Lipinski definition) is 3. The van der Waals surface area contributed by atoms with E-state index in [2.05, 4.69) is 33.0 Å². The average molecular weight is 276 g/mol. The number of nitrogens with one attached hydrogen (secondary N) is 1. The zero-order valence-electron chi connectivity index (χ0n) is 12.4. The third kappa shape index (κ3) is 3.93. The molecule has 108 valence electrons. The fourth-order valence-electron chi connectivity index (χ4n) is 2.36. The van der Waals surface area contributed by atoms with E-state index in [1.54, 1.807) is 4.31 Å². The predicted molar refractivity (Wildman–Crippen MR) is 76.1 cm³/mol. The first-order valence-electron chi connectivity index (χ1n) is 6.94. The molecule has 1 unspecified atom stereocenters. The van der Waals surface area contributed by atoms with Crippen molar-refractivity contribution in [1.29, 1.82) is 0 Å². The Kier molecular flexibility index (Phi) is 5.21. The summed E-state index contributed by atoms with van der Waals surface area (Å²) in [6.07, 6.45) is 1.67. The lowest BCUT2D eigenvalue weighted by molar-refractivity contribution is 0.143. The molecule has 1 rings (SSSR count). The highest BCUT2D eigenvalue weighted by molar-refractivity contribution is 7.89. The van der Waals surface area contributed by atoms with E-state index in [-0.39, 0.29) is 17.3 Å². The van der Waals surface area contributed by atoms with Gasteiger partial charge in [-0.15, -0.1) is 0 Å². The third-order valence-corrected chi connectivity index (χ3v) is 5.51. The maximum absolute atomic E-state index is 12.4. The van der Waals surface area contributed by atoms with Crippen molar-refractivity contribution >= 4 is 10.0 Å². The van der Waals surface area contributed by atoms with E-state index in [1.165, 1.54) is 0 Å². The van der Waals surface area contributed by atoms with Crippen LogP contribution in [-0.4, -0.2) is 43.1 Å². The molecule has 1 fully saturated rings. The van der Waals surface area contributed by atoms with E-state index in [9.17, 15) is 8.42 Å². The molecule has 1 aliphatic rings. The van der Waals surface area contributed by atoms with Crippen LogP contribution in [0, 0.1) is 5.92 Å². The van der Waals surface area contributed by atoms with Crippen molar-refractivity contribution in [2.45, 2.75) is 59.0 Å². The first-order valence-corrected chi connectivity index (χ1v) is 8.55. The van der Waals surface area contributed by atoms with Crippen molar-refractivity contribution in [3.8, 4) is 0 Å². The van der Waals surface area contributed by atoms with Crippen molar-refractivity contribution in [3.05, 3.63) is 0 Å². The first-order chi connectivity index (χ1) is 8.19. The monoisotopic (exact) mass is 276 g/mol. The van der Waals surface area contributed by atoms with Gasteiger partial charge in [-0.1, -0.05) is 27.2 Å². The Balaban J connectivity index is 2.91. The topological polar surface area (TPSA) is 49.4 Å². The van der Waals surface area contributed by atoms with Crippen LogP contribution in [0.3, 0.4) is 0 Å². The SMILES string of the molecule is CCCCS(=O)(=O)N1CC(C)(C)NCC1C(C)C. The van der Waals surface area contributed by atoms with Gasteiger partial charge in [-0.25, -0.2) is 8.42 Å². The molecular weight excluding hydrogens is 248 g/mol. The van der Waals surface area contributed by atoms with Crippen molar-refractivity contribution < 1.29 is 8.42 Å². The quantitative estimate of drug-likeness (QED) is 0.833. The molecule has 0 spiro atoms. The maximum atomic E-state index is 12.4. The van der Waals surface area contributed by atoms with Gasteiger partial charge in [-0.2, -0.15) is 4.31 Å². The van der Waals surface area contributed by atoms with Crippen molar-refractivity contribution in [2.24, 2.45) is 5.92 Å². The van der Waals surface area contributed by atoms with Crippen LogP contribution in [0.15, 0.2) is 0 Å². The number of piperazine rings is 1. The number of hydrogen-bond donors (Lipinski definition) is 1. The van der Waals surface area contributed by atoms with Gasteiger partial charge < -0.3 is 5.32 Å². The van der Waals surface area contributed by atoms with Gasteiger partial charge in [0.25, 0.3) is 0 Å². The Morgan fingerprint density at radius 2 is 2.00 bits per heavy atom. The molecule has 0 aliphatic carbocycles. The van der Waals surface area contributed by atoms with Crippen molar-refractivity contribution in [2.75, 3.05) is 18.8 Å². The number of unbranched alkanes of at least 4 members (excludes halogenated alkanes) is 1. The van der Waals surface area contributed by atoms with Gasteiger partial charge in [-0.3, -0.25) is 0 Å². The second kappa shape index (κ2) is 5.88. The van der Waals surface area contributed by atoms with E-state index in [0.29, 0.717) is 12.5 Å². The Morgan fingerprint density at radius 1 is 1.39 bits per heavy atom. The van der Waals surface area contributed by atoms with Gasteiger partial charge in [0.2, 0.25) is 10.0 Å². The van der Waals surface area contributed by atoms with Crippen LogP contribution in [0.25, 0.3) is 0 Å². The molecule has 0 bridgehead atoms. The van der Waals surface area contributed by atoms with Crippen molar-refractivity contribution in [3.63, 3.8) is 0 Å². The molecule has 0 amide bonds. The standard InChI is InChI=1S/C13H28N2O2S/c1-6-7-8-18(16,17)15-10-13(4,5)14-9-12(15)11(2)3/h11-12,14H,6-10H2,1-5H3. The minimum absolute atomic E-state index is 0.0832. The lowest BCUT2D eigenvalue weighted by atomic mass is 9.96. The van der Waals surface area contributed by atoms with E-state index in [1.807, 2.05) is 6.92 Å². The molecule has 0 aromatic heterocycles. The number of rotatable bonds is 5. The van der Waals surface area contributed by atoms with Crippen LogP contribution < -0.4 is 5.32 Å². The highest BCUT2D eigenvalue weighted by Crippen LogP contribution is 2.24. The molecule has 4 nitrogen and oxygen atoms in total. The fraction of sp³-hybridized carbons (Fsp3) is 1.00. The van der Waals surface area contributed by atoms with Gasteiger partial charge in [0.1, 0.15) is 0 Å². The Hall–Kier alpha value is -0.130. The zero-order chi connectivity index (χ0) is 14.0. The number of nitrogens with zero attached hydrogens (tertiary/aromatic N) is 1. The molecule has 1 atom stereocenters. The minimum Gasteiger partial charge on any atom is -0.309 e. The van der Waals surface area contributed by atoms with Gasteiger partial charge in [0.05, 0.1) is 5.75 Å². The van der Waals surface area contributed by atoms with Crippen LogP contribution in [0.2, 0.25) is 0 Å². The molecule has 0 aromatic rings. The summed E-state index contributed by atoms with van der Waals surface area (Å²) in [7, 11) is -3.12. The summed E-state index contributed by atoms with van der Waals surface area (Å²) >= 11 is 0. The molecule has 1 saturated heterocycles. The van der Waals surface area contributed by atoms with Crippen LogP contribution in [-0.2, 0) is 10.0 Å². The van der Waals surface area contributed by atoms with Crippen molar-refractivity contribution in [1.82, 2.24) is 9.62 Å². The molecule has 0 radical (unpaired) electrons. The van der Waals surface area contributed by atoms with Gasteiger partial charge in [0.15, 0.2) is 0 Å². The maximum Gasteiger partial charge on any atom is 0.214 e. The van der Waals surface area contributed by atoms with E-state index in [0.717, 1.165) is 19.4 Å². The summed E-state index contributed by atoms with van der Waals surface area (Å²) in [6.45, 7) is 11.6. The summed E-state index contributed by atoms with van der Waals surface area (Å²) < 4.78 is 26.6. The van der Waals surface area contributed by atoms with E-state index in [4.69, 9.17) is 0 Å². The highest BCUT2D eigenvalue weighted by Gasteiger charge is 2.39. The molecule has 0 aromatic carbocycles. The summed E-state index contributed by atoms with van der Waals surface area (Å²) in [4.78, 5) is 0. The Morgan fingerprint density at radius 3 is 2.50 bits per heavy atom. The summed E-state index contributed by atoms with van der Waals surface area (Å²) in [6, 6.07) is 0.0832. The average Bonchev–Trinajstić information content (AvgIpc) is 2.24. The Labute approximate surface area is 112 Å². The predicted octanol–water partition coefficient (Wildman–Crippen LogP) is 1.82. The second-order valence-electron chi connectivity index (χ2n) is 6.29. The van der Waals surface area contributed by atoms with Crippen LogP contribution >= 0.6 is 0 Å². The summed E-state index contributed by atoms with van der Waals surface area (Å²) in [5.74, 6) is 0.619. The normalized spacial score (nSPS) is 25.6. The second-order valence-corrected chi connectivity index (χ2v) is 8.33. The van der Waals surface area contributed by atoms with E-state index < -0.39 is 10.0 Å². The molecule has 18 heavy (non-hydrogen) atoms. The minimum atomic E-state index is -3.12. The Bertz CT molecular complexity index is 363. The zero-order valence-corrected chi connectivity index (χ0v) is 13.2. The van der Waals surface area contributed by atoms with Gasteiger partial charge in [-0.05, 0) is 26.2 Å². The lowest BCUT2D eigenvalue weighted by Crippen LogP contribution is -2.64. The summed E-state index contributed by atoms with van der Waals surface area (Å²) in [5.41, 5.74) is -0.134. The van der Waals surface area contributed by atoms with Gasteiger partial charge >= 0.3 is 0 Å². The van der Waals surface area contributed by atoms with E-state index >= 15 is 0 Å². The van der Waals surface area contributed by atoms with Crippen LogP contribution in [0.1, 0.15) is 47.5 Å². The van der Waals surface area contributed by atoms with Gasteiger partial charge in [0, 0.05) is 24.7 Å². The third-order valence-electron chi connectivity index (χ3n) is 3.59. The molecule has 1 N–H and O–H groups in total. The van der Waals surface area contributed by atoms with Crippen LogP contribution in [0.4, 0.5) is 0 Å². The molecule has 5 heteroatoms. The number of sulfonamides is 1. The lowest BCUT2D eigenvalue weighted by Gasteiger charge is -2.45. The summed E-state index contributed by atoms with van der Waals surface area (Å²) in [5, 5.41) is 3.44. The fourth-order valence-corrected chi connectivity index (χ4v) is 4.50. The smallest absolute Gasteiger partial charge is 0.214 e. The molecule has 1 heterocycles. The largest absolute Gasteiger partial charge is 0.309 e. The molecule has 1 aliphatic heterocycles. The first kappa shape index (κ1) is 15.9. The molecule has 0 saturated carbocycles. The highest BCUT2D eigenvalue weighted by atomic mass is 32.2. The van der Waals surface area contributed by atoms with Crippen LogP contribution in [0.5, 0.6) is 0 Å².